The molecule has 3 atom stereocenters. The van der Waals surface area contributed by atoms with E-state index in [1.165, 1.54) is 21.3 Å². The van der Waals surface area contributed by atoms with E-state index in [9.17, 15) is 19.5 Å². The molecule has 0 saturated heterocycles. The highest BCUT2D eigenvalue weighted by Crippen LogP contribution is 2.19. The van der Waals surface area contributed by atoms with Gasteiger partial charge in [0.1, 0.15) is 6.04 Å². The van der Waals surface area contributed by atoms with Crippen molar-refractivity contribution in [3.63, 3.8) is 0 Å². The number of carbonyl (C=O) groups is 3. The maximum atomic E-state index is 13.2. The molecular weight excluding hydrogens is 487 g/mol. The Kier molecular flexibility index (Phi) is 10.6. The first-order valence-electron chi connectivity index (χ1n) is 12.0. The third-order valence-corrected chi connectivity index (χ3v) is 5.99. The fourth-order valence-corrected chi connectivity index (χ4v) is 3.98. The number of aliphatic hydroxyl groups is 1. The number of amides is 2. The molecule has 0 spiro atoms. The molecule has 0 bridgehead atoms. The molecule has 0 aliphatic rings. The number of nitrogens with one attached hydrogen (secondary N) is 2. The van der Waals surface area contributed by atoms with Crippen LogP contribution in [0.5, 0.6) is 0 Å². The van der Waals surface area contributed by atoms with Crippen LogP contribution >= 0.6 is 0 Å². The van der Waals surface area contributed by atoms with Crippen LogP contribution in [0, 0.1) is 0 Å². The summed E-state index contributed by atoms with van der Waals surface area (Å²) in [5.74, 6) is -1.97. The Balaban J connectivity index is 1.78. The largest absolute Gasteiger partial charge is 0.493 e. The number of aliphatic hydroxyl groups excluding tert-OH is 1. The van der Waals surface area contributed by atoms with E-state index in [1.807, 2.05) is 0 Å². The molecule has 0 aliphatic carbocycles. The minimum Gasteiger partial charge on any atom is -0.467 e. The van der Waals surface area contributed by atoms with E-state index in [0.29, 0.717) is 11.1 Å². The third kappa shape index (κ3) is 7.52. The van der Waals surface area contributed by atoms with Crippen molar-refractivity contribution in [3.8, 4) is 0 Å². The van der Waals surface area contributed by atoms with E-state index in [2.05, 4.69) is 10.6 Å². The first-order valence-corrected chi connectivity index (χ1v) is 12.0. The van der Waals surface area contributed by atoms with Gasteiger partial charge in [-0.3, -0.25) is 9.59 Å². The minimum absolute atomic E-state index is 0.114. The first kappa shape index (κ1) is 28.6. The molecule has 38 heavy (non-hydrogen) atoms. The maximum Gasteiger partial charge on any atom is 0.493 e. The normalized spacial score (nSPS) is 13.1. The molecule has 0 unspecified atom stereocenters. The minimum atomic E-state index is -1.69. The molecule has 0 heterocycles. The van der Waals surface area contributed by atoms with Gasteiger partial charge in [0.2, 0.25) is 0 Å². The van der Waals surface area contributed by atoms with Crippen LogP contribution in [0.15, 0.2) is 84.9 Å². The second-order valence-corrected chi connectivity index (χ2v) is 8.51. The zero-order valence-electron chi connectivity index (χ0n) is 21.5. The lowest BCUT2D eigenvalue weighted by Crippen LogP contribution is -2.51. The SMILES string of the molecule is COB(OC)c1ccc(C[C@H](NC(=O)[C@H](O)[C@@H](NC(=O)c2ccccc2)c2ccccc2)C(=O)OC)cc1. The number of esters is 1. The van der Waals surface area contributed by atoms with Crippen LogP contribution in [0.2, 0.25) is 0 Å². The molecule has 3 rings (SSSR count). The zero-order valence-corrected chi connectivity index (χ0v) is 21.5. The Morgan fingerprint density at radius 2 is 1.39 bits per heavy atom. The molecule has 10 heteroatoms. The van der Waals surface area contributed by atoms with Gasteiger partial charge >= 0.3 is 13.1 Å². The average Bonchev–Trinajstić information content (AvgIpc) is 2.97. The molecule has 3 aromatic carbocycles. The molecule has 3 aromatic rings. The van der Waals surface area contributed by atoms with Gasteiger partial charge in [0.05, 0.1) is 13.2 Å². The molecule has 0 aliphatic heterocycles. The van der Waals surface area contributed by atoms with Crippen molar-refractivity contribution in [2.45, 2.75) is 24.6 Å². The number of rotatable bonds is 12. The topological polar surface area (TPSA) is 123 Å². The lowest BCUT2D eigenvalue weighted by molar-refractivity contribution is -0.146. The van der Waals surface area contributed by atoms with Gasteiger partial charge in [0, 0.05) is 26.2 Å². The van der Waals surface area contributed by atoms with E-state index in [-0.39, 0.29) is 6.42 Å². The second-order valence-electron chi connectivity index (χ2n) is 8.51. The van der Waals surface area contributed by atoms with E-state index >= 15 is 0 Å². The molecule has 9 nitrogen and oxygen atoms in total. The summed E-state index contributed by atoms with van der Waals surface area (Å²) >= 11 is 0. The predicted octanol–water partition coefficient (Wildman–Crippen LogP) is 1.41. The number of hydrogen-bond acceptors (Lipinski definition) is 7. The van der Waals surface area contributed by atoms with Crippen LogP contribution in [0.1, 0.15) is 27.5 Å². The zero-order chi connectivity index (χ0) is 27.5. The first-order chi connectivity index (χ1) is 18.4. The molecule has 0 fully saturated rings. The molecule has 3 N–H and O–H groups in total. The Morgan fingerprint density at radius 3 is 1.95 bits per heavy atom. The van der Waals surface area contributed by atoms with Crippen molar-refractivity contribution in [1.29, 1.82) is 0 Å². The number of carbonyl (C=O) groups excluding carboxylic acids is 3. The van der Waals surface area contributed by atoms with E-state index in [0.717, 1.165) is 11.0 Å². The Hall–Kier alpha value is -3.99. The molecule has 0 radical (unpaired) electrons. The summed E-state index contributed by atoms with van der Waals surface area (Å²) in [6.07, 6.45) is -1.58. The smallest absolute Gasteiger partial charge is 0.467 e. The highest BCUT2D eigenvalue weighted by Gasteiger charge is 2.32. The summed E-state index contributed by atoms with van der Waals surface area (Å²) in [5, 5.41) is 16.4. The highest BCUT2D eigenvalue weighted by atomic mass is 16.6. The van der Waals surface area contributed by atoms with Crippen LogP contribution < -0.4 is 16.1 Å². The quantitative estimate of drug-likeness (QED) is 0.245. The standard InChI is InChI=1S/C28H31BN2O7/c1-36-28(35)23(18-19-14-16-22(17-15-19)29(37-2)38-3)30-27(34)25(32)24(20-10-6-4-7-11-20)31-26(33)21-12-8-5-9-13-21/h4-17,23-25,32H,18H2,1-3H3,(H,30,34)(H,31,33)/t23-,24-,25+/m0/s1. The summed E-state index contributed by atoms with van der Waals surface area (Å²) in [6.45, 7) is 0. The van der Waals surface area contributed by atoms with Crippen LogP contribution in [0.3, 0.4) is 0 Å². The van der Waals surface area contributed by atoms with E-state index < -0.39 is 43.1 Å². The lowest BCUT2D eigenvalue weighted by Gasteiger charge is -2.26. The van der Waals surface area contributed by atoms with Crippen LogP contribution in [0.25, 0.3) is 0 Å². The van der Waals surface area contributed by atoms with Crippen molar-refractivity contribution < 1.29 is 33.5 Å². The van der Waals surface area contributed by atoms with E-state index in [4.69, 9.17) is 14.0 Å². The summed E-state index contributed by atoms with van der Waals surface area (Å²) in [7, 11) is 3.74. The predicted molar refractivity (Wildman–Crippen MR) is 143 cm³/mol. The van der Waals surface area contributed by atoms with Gasteiger partial charge in [-0.1, -0.05) is 72.8 Å². The number of benzene rings is 3. The Labute approximate surface area is 222 Å². The van der Waals surface area contributed by atoms with Crippen LogP contribution in [0.4, 0.5) is 0 Å². The van der Waals surface area contributed by atoms with Crippen molar-refractivity contribution >= 4 is 30.4 Å². The molecule has 198 valence electrons. The van der Waals surface area contributed by atoms with Crippen molar-refractivity contribution in [2.75, 3.05) is 21.3 Å². The fraction of sp³-hybridized carbons (Fsp3) is 0.250. The third-order valence-electron chi connectivity index (χ3n) is 5.99. The van der Waals surface area contributed by atoms with Gasteiger partial charge in [-0.2, -0.15) is 0 Å². The number of methoxy groups -OCH3 is 1. The summed E-state index contributed by atoms with van der Waals surface area (Å²) in [5.41, 5.74) is 2.42. The molecular formula is C28H31BN2O7. The van der Waals surface area contributed by atoms with Crippen LogP contribution in [-0.4, -0.2) is 63.5 Å². The van der Waals surface area contributed by atoms with Gasteiger partial charge in [0.25, 0.3) is 11.8 Å². The summed E-state index contributed by atoms with van der Waals surface area (Å²) < 4.78 is 15.4. The second kappa shape index (κ2) is 14.1. The molecule has 2 amide bonds. The van der Waals surface area contributed by atoms with Gasteiger partial charge in [-0.05, 0) is 28.7 Å². The summed E-state index contributed by atoms with van der Waals surface area (Å²) in [4.78, 5) is 38.5. The average molecular weight is 518 g/mol. The molecule has 0 aromatic heterocycles. The Morgan fingerprint density at radius 1 is 0.816 bits per heavy atom. The van der Waals surface area contributed by atoms with E-state index in [1.54, 1.807) is 84.9 Å². The summed E-state index contributed by atoms with van der Waals surface area (Å²) in [6, 6.07) is 22.1. The number of hydrogen-bond donors (Lipinski definition) is 3. The van der Waals surface area contributed by atoms with Crippen molar-refractivity contribution in [3.05, 3.63) is 102 Å². The monoisotopic (exact) mass is 518 g/mol. The highest BCUT2D eigenvalue weighted by molar-refractivity contribution is 6.61. The maximum absolute atomic E-state index is 13.2. The fourth-order valence-electron chi connectivity index (χ4n) is 3.98. The van der Waals surface area contributed by atoms with Crippen molar-refractivity contribution in [1.82, 2.24) is 10.6 Å². The molecule has 0 saturated carbocycles. The Bertz CT molecular complexity index is 1190. The number of ether oxygens (including phenoxy) is 1. The van der Waals surface area contributed by atoms with Gasteiger partial charge in [-0.15, -0.1) is 0 Å². The van der Waals surface area contributed by atoms with Gasteiger partial charge in [-0.25, -0.2) is 4.79 Å². The van der Waals surface area contributed by atoms with Crippen LogP contribution in [-0.2, 0) is 30.1 Å². The van der Waals surface area contributed by atoms with Gasteiger partial charge in [0.15, 0.2) is 6.10 Å². The van der Waals surface area contributed by atoms with Gasteiger partial charge < -0.3 is 29.8 Å². The van der Waals surface area contributed by atoms with Crippen molar-refractivity contribution in [2.24, 2.45) is 0 Å². The lowest BCUT2D eigenvalue weighted by atomic mass is 9.78.